The van der Waals surface area contributed by atoms with Gasteiger partial charge in [0, 0.05) is 27.3 Å². The van der Waals surface area contributed by atoms with Crippen molar-refractivity contribution in [1.29, 1.82) is 0 Å². The lowest BCUT2D eigenvalue weighted by Gasteiger charge is -2.10. The van der Waals surface area contributed by atoms with Crippen LogP contribution in [0.15, 0.2) is 64.7 Å². The zero-order valence-electron chi connectivity index (χ0n) is 15.2. The van der Waals surface area contributed by atoms with Gasteiger partial charge in [0.05, 0.1) is 5.75 Å². The molecule has 1 N–H and O–H groups in total. The third-order valence-corrected chi connectivity index (χ3v) is 5.84. The Morgan fingerprint density at radius 2 is 2.11 bits per heavy atom. The lowest BCUT2D eigenvalue weighted by Crippen LogP contribution is -2.15. The molecule has 28 heavy (non-hydrogen) atoms. The number of rotatable bonds is 7. The summed E-state index contributed by atoms with van der Waals surface area (Å²) < 4.78 is 2.87. The molecule has 3 aromatic rings. The molecule has 8 heteroatoms. The molecule has 0 aliphatic heterocycles. The number of nitrogens with zero attached hydrogens (tertiary/aromatic N) is 3. The van der Waals surface area contributed by atoms with Gasteiger partial charge in [-0.05, 0) is 30.7 Å². The number of benzene rings is 2. The lowest BCUT2D eigenvalue weighted by molar-refractivity contribution is -0.113. The molecule has 3 rings (SSSR count). The van der Waals surface area contributed by atoms with Crippen LogP contribution in [0, 0.1) is 6.92 Å². The maximum absolute atomic E-state index is 12.4. The number of anilines is 1. The van der Waals surface area contributed by atoms with Crippen LogP contribution in [0.25, 0.3) is 11.4 Å². The summed E-state index contributed by atoms with van der Waals surface area (Å²) in [5.74, 6) is 0.795. The average Bonchev–Trinajstić information content (AvgIpc) is 3.06. The van der Waals surface area contributed by atoms with Crippen LogP contribution in [-0.2, 0) is 11.3 Å². The maximum Gasteiger partial charge on any atom is 0.234 e. The Kier molecular flexibility index (Phi) is 6.93. The van der Waals surface area contributed by atoms with Gasteiger partial charge in [-0.15, -0.1) is 16.8 Å². The number of aryl methyl sites for hydroxylation is 1. The van der Waals surface area contributed by atoms with Crippen molar-refractivity contribution in [2.75, 3.05) is 11.1 Å². The highest BCUT2D eigenvalue weighted by atomic mass is 79.9. The molecule has 0 aliphatic rings. The van der Waals surface area contributed by atoms with E-state index < -0.39 is 0 Å². The third kappa shape index (κ3) is 4.84. The summed E-state index contributed by atoms with van der Waals surface area (Å²) in [7, 11) is 0. The van der Waals surface area contributed by atoms with E-state index in [2.05, 4.69) is 38.0 Å². The van der Waals surface area contributed by atoms with E-state index in [-0.39, 0.29) is 11.7 Å². The second-order valence-electron chi connectivity index (χ2n) is 5.98. The van der Waals surface area contributed by atoms with E-state index in [1.807, 2.05) is 41.8 Å². The zero-order chi connectivity index (χ0) is 20.1. The average molecular weight is 478 g/mol. The van der Waals surface area contributed by atoms with Crippen molar-refractivity contribution in [2.24, 2.45) is 0 Å². The minimum atomic E-state index is -0.133. The largest absolute Gasteiger partial charge is 0.325 e. The Morgan fingerprint density at radius 3 is 2.86 bits per heavy atom. The second kappa shape index (κ2) is 9.41. The highest BCUT2D eigenvalue weighted by Gasteiger charge is 2.16. The number of aromatic nitrogens is 3. The molecule has 0 saturated carbocycles. The van der Waals surface area contributed by atoms with Gasteiger partial charge in [-0.25, -0.2) is 0 Å². The fourth-order valence-electron chi connectivity index (χ4n) is 2.58. The van der Waals surface area contributed by atoms with Crippen molar-refractivity contribution < 1.29 is 4.79 Å². The van der Waals surface area contributed by atoms with Crippen LogP contribution in [0.2, 0.25) is 5.02 Å². The standard InChI is InChI=1S/C20H18BrClN4OS/c1-3-10-26-19(15-6-4-5-7-16(15)21)24-25-20(26)28-12-18(27)23-17-11-14(22)9-8-13(17)2/h3-9,11H,1,10,12H2,2H3,(H,23,27). The molecule has 0 atom stereocenters. The Bertz CT molecular complexity index is 1020. The van der Waals surface area contributed by atoms with Gasteiger partial charge in [0.25, 0.3) is 0 Å². The van der Waals surface area contributed by atoms with E-state index in [0.717, 1.165) is 21.4 Å². The molecule has 144 valence electrons. The summed E-state index contributed by atoms with van der Waals surface area (Å²) in [4.78, 5) is 12.4. The van der Waals surface area contributed by atoms with Crippen molar-refractivity contribution in [3.8, 4) is 11.4 Å². The Hall–Kier alpha value is -2.09. The minimum Gasteiger partial charge on any atom is -0.325 e. The lowest BCUT2D eigenvalue weighted by atomic mass is 10.2. The van der Waals surface area contributed by atoms with Crippen molar-refractivity contribution in [3.05, 3.63) is 70.2 Å². The van der Waals surface area contributed by atoms with Crippen LogP contribution in [0.1, 0.15) is 5.56 Å². The summed E-state index contributed by atoms with van der Waals surface area (Å²) in [5, 5.41) is 12.7. The first-order valence-electron chi connectivity index (χ1n) is 8.47. The first kappa shape index (κ1) is 20.6. The number of allylic oxidation sites excluding steroid dienone is 1. The van der Waals surface area contributed by atoms with Crippen molar-refractivity contribution in [1.82, 2.24) is 14.8 Å². The molecule has 1 amide bonds. The predicted molar refractivity (Wildman–Crippen MR) is 119 cm³/mol. The molecule has 0 bridgehead atoms. The predicted octanol–water partition coefficient (Wildman–Crippen LogP) is 5.59. The van der Waals surface area contributed by atoms with Crippen LogP contribution in [0.3, 0.4) is 0 Å². The van der Waals surface area contributed by atoms with Gasteiger partial charge in [0.2, 0.25) is 5.91 Å². The highest BCUT2D eigenvalue weighted by Crippen LogP contribution is 2.29. The van der Waals surface area contributed by atoms with Crippen LogP contribution in [0.5, 0.6) is 0 Å². The molecule has 0 radical (unpaired) electrons. The number of hydrogen-bond donors (Lipinski definition) is 1. The number of carbonyl (C=O) groups is 1. The van der Waals surface area contributed by atoms with Crippen molar-refractivity contribution in [2.45, 2.75) is 18.6 Å². The molecule has 1 aromatic heterocycles. The summed E-state index contributed by atoms with van der Waals surface area (Å²) >= 11 is 10.9. The summed E-state index contributed by atoms with van der Waals surface area (Å²) in [6.45, 7) is 6.28. The van der Waals surface area contributed by atoms with E-state index in [9.17, 15) is 4.79 Å². The number of hydrogen-bond acceptors (Lipinski definition) is 4. The van der Waals surface area contributed by atoms with Crippen molar-refractivity contribution >= 4 is 50.9 Å². The Morgan fingerprint density at radius 1 is 1.32 bits per heavy atom. The summed E-state index contributed by atoms with van der Waals surface area (Å²) in [6, 6.07) is 13.2. The molecule has 5 nitrogen and oxygen atoms in total. The van der Waals surface area contributed by atoms with E-state index in [0.29, 0.717) is 22.4 Å². The molecule has 2 aromatic carbocycles. The van der Waals surface area contributed by atoms with Crippen LogP contribution in [0.4, 0.5) is 5.69 Å². The van der Waals surface area contributed by atoms with E-state index in [1.165, 1.54) is 11.8 Å². The third-order valence-electron chi connectivity index (χ3n) is 3.95. The van der Waals surface area contributed by atoms with Gasteiger partial charge in [-0.2, -0.15) is 0 Å². The molecule has 0 unspecified atom stereocenters. The molecular weight excluding hydrogens is 460 g/mol. The monoisotopic (exact) mass is 476 g/mol. The Labute approximate surface area is 181 Å². The zero-order valence-corrected chi connectivity index (χ0v) is 18.3. The molecular formula is C20H18BrClN4OS. The van der Waals surface area contributed by atoms with E-state index in [4.69, 9.17) is 11.6 Å². The van der Waals surface area contributed by atoms with Gasteiger partial charge in [-0.3, -0.25) is 9.36 Å². The van der Waals surface area contributed by atoms with E-state index >= 15 is 0 Å². The van der Waals surface area contributed by atoms with Gasteiger partial charge < -0.3 is 5.32 Å². The minimum absolute atomic E-state index is 0.133. The molecule has 0 saturated heterocycles. The second-order valence-corrected chi connectivity index (χ2v) is 8.21. The van der Waals surface area contributed by atoms with Gasteiger partial charge in [0.1, 0.15) is 0 Å². The molecule has 1 heterocycles. The van der Waals surface area contributed by atoms with Gasteiger partial charge in [0.15, 0.2) is 11.0 Å². The Balaban J connectivity index is 1.75. The number of carbonyl (C=O) groups excluding carboxylic acids is 1. The number of amides is 1. The fourth-order valence-corrected chi connectivity index (χ4v) is 3.96. The van der Waals surface area contributed by atoms with Crippen molar-refractivity contribution in [3.63, 3.8) is 0 Å². The normalized spacial score (nSPS) is 10.7. The molecule has 0 aliphatic carbocycles. The number of nitrogens with one attached hydrogen (secondary N) is 1. The first-order chi connectivity index (χ1) is 13.5. The maximum atomic E-state index is 12.4. The van der Waals surface area contributed by atoms with Crippen LogP contribution >= 0.6 is 39.3 Å². The van der Waals surface area contributed by atoms with Crippen LogP contribution in [-0.4, -0.2) is 26.4 Å². The van der Waals surface area contributed by atoms with Gasteiger partial charge in [-0.1, -0.05) is 69.6 Å². The topological polar surface area (TPSA) is 59.8 Å². The first-order valence-corrected chi connectivity index (χ1v) is 10.6. The smallest absolute Gasteiger partial charge is 0.234 e. The summed E-state index contributed by atoms with van der Waals surface area (Å²) in [6.07, 6.45) is 1.78. The molecule has 0 fully saturated rings. The SMILES string of the molecule is C=CCn1c(SCC(=O)Nc2cc(Cl)ccc2C)nnc1-c1ccccc1Br. The van der Waals surface area contributed by atoms with E-state index in [1.54, 1.807) is 18.2 Å². The highest BCUT2D eigenvalue weighted by molar-refractivity contribution is 9.10. The number of halogens is 2. The quantitative estimate of drug-likeness (QED) is 0.356. The number of thioether (sulfide) groups is 1. The molecule has 0 spiro atoms. The van der Waals surface area contributed by atoms with Gasteiger partial charge >= 0.3 is 0 Å². The summed E-state index contributed by atoms with van der Waals surface area (Å²) in [5.41, 5.74) is 2.59. The fraction of sp³-hybridized carbons (Fsp3) is 0.150. The van der Waals surface area contributed by atoms with Crippen LogP contribution < -0.4 is 5.32 Å².